The number of nitrogens with one attached hydrogen (secondary N) is 1. The van der Waals surface area contributed by atoms with Gasteiger partial charge in [-0.3, -0.25) is 0 Å². The van der Waals surface area contributed by atoms with E-state index in [0.717, 1.165) is 11.3 Å². The van der Waals surface area contributed by atoms with E-state index in [1.54, 1.807) is 0 Å². The lowest BCUT2D eigenvalue weighted by molar-refractivity contribution is 0.383. The Morgan fingerprint density at radius 3 is 2.54 bits per heavy atom. The van der Waals surface area contributed by atoms with Gasteiger partial charge in [-0.05, 0) is 30.7 Å². The fraction of sp³-hybridized carbons (Fsp3) is 1.00. The van der Waals surface area contributed by atoms with E-state index >= 15 is 0 Å². The summed E-state index contributed by atoms with van der Waals surface area (Å²) in [4.78, 5) is 0. The van der Waals surface area contributed by atoms with Crippen LogP contribution in [0.4, 0.5) is 0 Å². The van der Waals surface area contributed by atoms with Crippen LogP contribution < -0.4 is 5.32 Å². The molecule has 0 aromatic carbocycles. The molecule has 0 heterocycles. The summed E-state index contributed by atoms with van der Waals surface area (Å²) in [6, 6.07) is 0.650. The topological polar surface area (TPSA) is 12.0 Å². The minimum Gasteiger partial charge on any atom is -0.314 e. The molecule has 0 aromatic rings. The average molecular weight is 183 g/mol. The van der Waals surface area contributed by atoms with E-state index in [1.807, 2.05) is 0 Å². The minimum absolute atomic E-state index is 0.650. The largest absolute Gasteiger partial charge is 0.314 e. The number of rotatable bonds is 6. The first-order chi connectivity index (χ1) is 6.14. The Labute approximate surface area is 83.3 Å². The van der Waals surface area contributed by atoms with Crippen molar-refractivity contribution in [2.45, 2.75) is 59.4 Å². The lowest BCUT2D eigenvalue weighted by atomic mass is 9.94. The Bertz CT molecular complexity index is 153. The van der Waals surface area contributed by atoms with E-state index in [2.05, 4.69) is 33.0 Å². The zero-order chi connectivity index (χ0) is 9.90. The van der Waals surface area contributed by atoms with Crippen LogP contribution in [0.15, 0.2) is 0 Å². The van der Waals surface area contributed by atoms with Gasteiger partial charge in [0, 0.05) is 6.04 Å². The first kappa shape index (κ1) is 11.0. The van der Waals surface area contributed by atoms with Gasteiger partial charge in [0.15, 0.2) is 0 Å². The smallest absolute Gasteiger partial charge is 0.00104 e. The van der Waals surface area contributed by atoms with Crippen LogP contribution in [0.1, 0.15) is 53.4 Å². The fourth-order valence-corrected chi connectivity index (χ4v) is 2.51. The summed E-state index contributed by atoms with van der Waals surface area (Å²) in [7, 11) is 0. The van der Waals surface area contributed by atoms with Crippen molar-refractivity contribution < 1.29 is 0 Å². The van der Waals surface area contributed by atoms with Crippen molar-refractivity contribution in [2.75, 3.05) is 6.54 Å². The third-order valence-electron chi connectivity index (χ3n) is 3.58. The van der Waals surface area contributed by atoms with Crippen molar-refractivity contribution in [3.63, 3.8) is 0 Å². The molecule has 0 radical (unpaired) electrons. The molecule has 0 aromatic heterocycles. The first-order valence-corrected chi connectivity index (χ1v) is 5.88. The van der Waals surface area contributed by atoms with Gasteiger partial charge in [-0.2, -0.15) is 0 Å². The quantitative estimate of drug-likeness (QED) is 0.667. The second-order valence-corrected chi connectivity index (χ2v) is 4.93. The first-order valence-electron chi connectivity index (χ1n) is 5.88. The number of hydrogen-bond donors (Lipinski definition) is 1. The van der Waals surface area contributed by atoms with Gasteiger partial charge < -0.3 is 5.32 Å². The van der Waals surface area contributed by atoms with Gasteiger partial charge >= 0.3 is 0 Å². The molecular weight excluding hydrogens is 158 g/mol. The maximum absolute atomic E-state index is 3.55. The van der Waals surface area contributed by atoms with Gasteiger partial charge in [-0.1, -0.05) is 40.5 Å². The lowest BCUT2D eigenvalue weighted by Crippen LogP contribution is -2.26. The van der Waals surface area contributed by atoms with Crippen molar-refractivity contribution in [1.29, 1.82) is 0 Å². The van der Waals surface area contributed by atoms with Gasteiger partial charge in [-0.25, -0.2) is 0 Å². The predicted octanol–water partition coefficient (Wildman–Crippen LogP) is 3.20. The Balaban J connectivity index is 2.24. The van der Waals surface area contributed by atoms with E-state index < -0.39 is 0 Å². The molecule has 1 heteroatoms. The minimum atomic E-state index is 0.650. The van der Waals surface area contributed by atoms with Crippen molar-refractivity contribution in [2.24, 2.45) is 11.3 Å². The molecule has 1 rings (SSSR count). The Morgan fingerprint density at radius 2 is 2.08 bits per heavy atom. The van der Waals surface area contributed by atoms with Crippen LogP contribution in [0.5, 0.6) is 0 Å². The summed E-state index contributed by atoms with van der Waals surface area (Å²) in [6.07, 6.45) is 5.64. The molecule has 0 saturated heterocycles. The second kappa shape index (κ2) is 4.45. The van der Waals surface area contributed by atoms with Gasteiger partial charge in [0.25, 0.3) is 0 Å². The van der Waals surface area contributed by atoms with Crippen molar-refractivity contribution >= 4 is 0 Å². The molecule has 1 nitrogen and oxygen atoms in total. The van der Waals surface area contributed by atoms with Crippen LogP contribution in [0.3, 0.4) is 0 Å². The average Bonchev–Trinajstić information content (AvgIpc) is 2.77. The van der Waals surface area contributed by atoms with Gasteiger partial charge in [0.1, 0.15) is 0 Å². The molecule has 1 aliphatic rings. The summed E-state index contributed by atoms with van der Waals surface area (Å²) in [6.45, 7) is 10.4. The summed E-state index contributed by atoms with van der Waals surface area (Å²) >= 11 is 0. The van der Waals surface area contributed by atoms with Crippen LogP contribution in [-0.2, 0) is 0 Å². The molecule has 1 saturated carbocycles. The molecule has 1 fully saturated rings. The van der Waals surface area contributed by atoms with E-state index in [-0.39, 0.29) is 0 Å². The Kier molecular flexibility index (Phi) is 3.78. The molecule has 0 amide bonds. The zero-order valence-electron chi connectivity index (χ0n) is 9.69. The van der Waals surface area contributed by atoms with Crippen LogP contribution in [0.2, 0.25) is 0 Å². The third-order valence-corrected chi connectivity index (χ3v) is 3.58. The molecule has 13 heavy (non-hydrogen) atoms. The third kappa shape index (κ3) is 2.70. The summed E-state index contributed by atoms with van der Waals surface area (Å²) in [5.74, 6) is 0.972. The molecule has 78 valence electrons. The highest BCUT2D eigenvalue weighted by molar-refractivity contribution is 5.01. The normalized spacial score (nSPS) is 32.5. The molecule has 0 spiro atoms. The van der Waals surface area contributed by atoms with Crippen LogP contribution >= 0.6 is 0 Å². The van der Waals surface area contributed by atoms with Crippen molar-refractivity contribution in [3.8, 4) is 0 Å². The highest BCUT2D eigenvalue weighted by atomic mass is 14.9. The van der Waals surface area contributed by atoms with Gasteiger partial charge in [0.2, 0.25) is 0 Å². The van der Waals surface area contributed by atoms with Gasteiger partial charge in [-0.15, -0.1) is 0 Å². The highest BCUT2D eigenvalue weighted by Crippen LogP contribution is 2.57. The Hall–Kier alpha value is -0.0400. The molecule has 1 N–H and O–H groups in total. The molecule has 1 aliphatic carbocycles. The van der Waals surface area contributed by atoms with Crippen molar-refractivity contribution in [1.82, 2.24) is 5.32 Å². The summed E-state index contributed by atoms with van der Waals surface area (Å²) in [5.41, 5.74) is 0.733. The Morgan fingerprint density at radius 1 is 1.38 bits per heavy atom. The number of hydrogen-bond acceptors (Lipinski definition) is 1. The van der Waals surface area contributed by atoms with Crippen LogP contribution in [-0.4, -0.2) is 12.6 Å². The summed E-state index contributed by atoms with van der Waals surface area (Å²) < 4.78 is 0. The SMILES string of the molecule is CCCC1(CC)CC1CNC(C)C. The molecule has 0 bridgehead atoms. The fourth-order valence-electron chi connectivity index (χ4n) is 2.51. The lowest BCUT2D eigenvalue weighted by Gasteiger charge is -2.15. The second-order valence-electron chi connectivity index (χ2n) is 4.93. The van der Waals surface area contributed by atoms with E-state index in [1.165, 1.54) is 32.2 Å². The zero-order valence-corrected chi connectivity index (χ0v) is 9.69. The van der Waals surface area contributed by atoms with E-state index in [0.29, 0.717) is 6.04 Å². The maximum atomic E-state index is 3.55. The molecular formula is C12H25N. The van der Waals surface area contributed by atoms with Crippen molar-refractivity contribution in [3.05, 3.63) is 0 Å². The molecule has 2 unspecified atom stereocenters. The monoisotopic (exact) mass is 183 g/mol. The maximum Gasteiger partial charge on any atom is 0.00104 e. The molecule has 2 atom stereocenters. The molecule has 0 aliphatic heterocycles. The van der Waals surface area contributed by atoms with Gasteiger partial charge in [0.05, 0.1) is 0 Å². The van der Waals surface area contributed by atoms with Crippen LogP contribution in [0, 0.1) is 11.3 Å². The van der Waals surface area contributed by atoms with Crippen LogP contribution in [0.25, 0.3) is 0 Å². The van der Waals surface area contributed by atoms with E-state index in [9.17, 15) is 0 Å². The highest BCUT2D eigenvalue weighted by Gasteiger charge is 2.50. The van der Waals surface area contributed by atoms with E-state index in [4.69, 9.17) is 0 Å². The summed E-state index contributed by atoms with van der Waals surface area (Å²) in [5, 5.41) is 3.55. The predicted molar refractivity (Wildman–Crippen MR) is 58.9 cm³/mol. The standard InChI is InChI=1S/C12H25N/c1-5-7-12(6-2)8-11(12)9-13-10(3)4/h10-11,13H,5-9H2,1-4H3.